The van der Waals surface area contributed by atoms with Crippen LogP contribution in [-0.4, -0.2) is 20.2 Å². The van der Waals surface area contributed by atoms with Crippen LogP contribution >= 0.6 is 0 Å². The van der Waals surface area contributed by atoms with E-state index in [2.05, 4.69) is 92.8 Å². The molecule has 0 aliphatic heterocycles. The maximum Gasteiger partial charge on any atom is 0.119 e. The summed E-state index contributed by atoms with van der Waals surface area (Å²) in [6.45, 7) is 8.75. The molecule has 3 aromatic rings. The highest BCUT2D eigenvalue weighted by Crippen LogP contribution is 2.47. The van der Waals surface area contributed by atoms with E-state index >= 15 is 0 Å². The van der Waals surface area contributed by atoms with Crippen LogP contribution in [0.4, 0.5) is 0 Å². The van der Waals surface area contributed by atoms with E-state index in [0.29, 0.717) is 17.8 Å². The molecule has 0 bridgehead atoms. The molecule has 32 heavy (non-hydrogen) atoms. The number of hydrogen-bond donors (Lipinski definition) is 1. The molecule has 1 N–H and O–H groups in total. The predicted molar refractivity (Wildman–Crippen MR) is 135 cm³/mol. The molecular formula is C30H37NO. The molecule has 2 atom stereocenters. The minimum Gasteiger partial charge on any atom is -0.497 e. The second-order valence-electron chi connectivity index (χ2n) is 9.35. The fourth-order valence-corrected chi connectivity index (χ4v) is 5.12. The Kier molecular flexibility index (Phi) is 7.32. The Morgan fingerprint density at radius 3 is 2.31 bits per heavy atom. The molecule has 0 amide bonds. The van der Waals surface area contributed by atoms with Gasteiger partial charge in [-0.15, -0.1) is 0 Å². The Hall–Kier alpha value is -2.58. The summed E-state index contributed by atoms with van der Waals surface area (Å²) in [5.74, 6) is 2.39. The Morgan fingerprint density at radius 1 is 0.938 bits per heavy atom. The second kappa shape index (κ2) is 10.4. The fourth-order valence-electron chi connectivity index (χ4n) is 5.12. The Balaban J connectivity index is 1.69. The van der Waals surface area contributed by atoms with Gasteiger partial charge in [0.2, 0.25) is 0 Å². The Morgan fingerprint density at radius 2 is 1.66 bits per heavy atom. The molecule has 0 radical (unpaired) electrons. The van der Waals surface area contributed by atoms with Gasteiger partial charge in [0.25, 0.3) is 0 Å². The van der Waals surface area contributed by atoms with E-state index in [1.54, 1.807) is 7.11 Å². The van der Waals surface area contributed by atoms with Crippen molar-refractivity contribution in [1.29, 1.82) is 0 Å². The van der Waals surface area contributed by atoms with Crippen LogP contribution in [0.5, 0.6) is 5.75 Å². The van der Waals surface area contributed by atoms with Crippen molar-refractivity contribution >= 4 is 0 Å². The molecule has 3 aromatic carbocycles. The molecular weight excluding hydrogens is 390 g/mol. The number of aryl methyl sites for hydroxylation is 1. The average molecular weight is 428 g/mol. The molecule has 0 heterocycles. The lowest BCUT2D eigenvalue weighted by Gasteiger charge is -2.35. The monoisotopic (exact) mass is 427 g/mol. The first-order valence-corrected chi connectivity index (χ1v) is 12.2. The standard InChI is InChI=1S/C30H37NO/c1-5-31-19-18-22-6-8-25(9-7-22)30-28(24-12-10-23(11-13-24)21(2)3)16-14-26-20-27(32-4)15-17-29(26)30/h6-13,15,17,20-21,28,30-31H,5,14,16,18-19H2,1-4H3/t28-,30+/m1/s1. The van der Waals surface area contributed by atoms with Gasteiger partial charge in [-0.3, -0.25) is 0 Å². The van der Waals surface area contributed by atoms with Gasteiger partial charge in [0.15, 0.2) is 0 Å². The van der Waals surface area contributed by atoms with Gasteiger partial charge in [0, 0.05) is 5.92 Å². The average Bonchev–Trinajstić information content (AvgIpc) is 2.83. The highest BCUT2D eigenvalue weighted by molar-refractivity contribution is 5.48. The normalized spacial score (nSPS) is 17.9. The van der Waals surface area contributed by atoms with Crippen molar-refractivity contribution in [3.63, 3.8) is 0 Å². The number of rotatable bonds is 8. The molecule has 1 aliphatic carbocycles. The smallest absolute Gasteiger partial charge is 0.119 e. The zero-order chi connectivity index (χ0) is 22.5. The van der Waals surface area contributed by atoms with E-state index in [0.717, 1.165) is 38.1 Å². The summed E-state index contributed by atoms with van der Waals surface area (Å²) < 4.78 is 5.52. The third-order valence-electron chi connectivity index (χ3n) is 7.02. The SMILES string of the molecule is CCNCCc1ccc([C@@H]2c3ccc(OC)cc3CC[C@@H]2c2ccc(C(C)C)cc2)cc1. The maximum absolute atomic E-state index is 5.52. The van der Waals surface area contributed by atoms with Crippen molar-refractivity contribution < 1.29 is 4.74 Å². The predicted octanol–water partition coefficient (Wildman–Crippen LogP) is 6.83. The first-order chi connectivity index (χ1) is 15.6. The van der Waals surface area contributed by atoms with E-state index in [1.165, 1.54) is 33.4 Å². The fraction of sp³-hybridized carbons (Fsp3) is 0.400. The quantitative estimate of drug-likeness (QED) is 0.398. The number of nitrogens with one attached hydrogen (secondary N) is 1. The molecule has 0 spiro atoms. The van der Waals surface area contributed by atoms with Crippen LogP contribution in [0.25, 0.3) is 0 Å². The molecule has 2 heteroatoms. The van der Waals surface area contributed by atoms with Crippen LogP contribution in [-0.2, 0) is 12.8 Å². The Bertz CT molecular complexity index is 1000. The summed E-state index contributed by atoms with van der Waals surface area (Å²) in [7, 11) is 1.76. The van der Waals surface area contributed by atoms with Crippen LogP contribution in [0.1, 0.15) is 78.3 Å². The van der Waals surface area contributed by atoms with Gasteiger partial charge in [0.05, 0.1) is 7.11 Å². The lowest BCUT2D eigenvalue weighted by molar-refractivity contribution is 0.412. The summed E-state index contributed by atoms with van der Waals surface area (Å²) in [6.07, 6.45) is 3.33. The molecule has 0 saturated carbocycles. The molecule has 0 unspecified atom stereocenters. The highest BCUT2D eigenvalue weighted by Gasteiger charge is 2.32. The number of methoxy groups -OCH3 is 1. The van der Waals surface area contributed by atoms with Gasteiger partial charge in [0.1, 0.15) is 5.75 Å². The zero-order valence-corrected chi connectivity index (χ0v) is 20.0. The van der Waals surface area contributed by atoms with E-state index < -0.39 is 0 Å². The van der Waals surface area contributed by atoms with Crippen LogP contribution in [0.2, 0.25) is 0 Å². The van der Waals surface area contributed by atoms with Crippen molar-refractivity contribution in [2.75, 3.05) is 20.2 Å². The minimum atomic E-state index is 0.373. The summed E-state index contributed by atoms with van der Waals surface area (Å²) >= 11 is 0. The van der Waals surface area contributed by atoms with E-state index in [-0.39, 0.29) is 0 Å². The molecule has 2 nitrogen and oxygen atoms in total. The van der Waals surface area contributed by atoms with E-state index in [1.807, 2.05) is 0 Å². The summed E-state index contributed by atoms with van der Waals surface area (Å²) in [6, 6.07) is 25.4. The molecule has 1 aliphatic rings. The summed E-state index contributed by atoms with van der Waals surface area (Å²) in [5, 5.41) is 3.43. The Labute approximate surface area is 194 Å². The van der Waals surface area contributed by atoms with Gasteiger partial charge >= 0.3 is 0 Å². The number of ether oxygens (including phenoxy) is 1. The number of likely N-dealkylation sites (N-methyl/N-ethyl adjacent to an activating group) is 1. The van der Waals surface area contributed by atoms with Gasteiger partial charge in [-0.1, -0.05) is 75.4 Å². The summed E-state index contributed by atoms with van der Waals surface area (Å²) in [4.78, 5) is 0. The molecule has 0 saturated heterocycles. The topological polar surface area (TPSA) is 21.3 Å². The molecule has 168 valence electrons. The third-order valence-corrected chi connectivity index (χ3v) is 7.02. The second-order valence-corrected chi connectivity index (χ2v) is 9.35. The van der Waals surface area contributed by atoms with Crippen molar-refractivity contribution in [2.24, 2.45) is 0 Å². The number of fused-ring (bicyclic) bond motifs is 1. The zero-order valence-electron chi connectivity index (χ0n) is 20.0. The highest BCUT2D eigenvalue weighted by atomic mass is 16.5. The maximum atomic E-state index is 5.52. The summed E-state index contributed by atoms with van der Waals surface area (Å²) in [5.41, 5.74) is 8.57. The van der Waals surface area contributed by atoms with Crippen LogP contribution in [0, 0.1) is 0 Å². The van der Waals surface area contributed by atoms with Gasteiger partial charge in [-0.2, -0.15) is 0 Å². The first-order valence-electron chi connectivity index (χ1n) is 12.2. The van der Waals surface area contributed by atoms with Gasteiger partial charge in [-0.25, -0.2) is 0 Å². The van der Waals surface area contributed by atoms with Gasteiger partial charge < -0.3 is 10.1 Å². The minimum absolute atomic E-state index is 0.373. The number of hydrogen-bond acceptors (Lipinski definition) is 2. The molecule has 0 fully saturated rings. The third kappa shape index (κ3) is 4.91. The van der Waals surface area contributed by atoms with E-state index in [9.17, 15) is 0 Å². The largest absolute Gasteiger partial charge is 0.497 e. The number of benzene rings is 3. The van der Waals surface area contributed by atoms with Crippen LogP contribution in [0.3, 0.4) is 0 Å². The van der Waals surface area contributed by atoms with Crippen molar-refractivity contribution in [3.05, 3.63) is 100 Å². The lowest BCUT2D eigenvalue weighted by atomic mass is 9.69. The van der Waals surface area contributed by atoms with E-state index in [4.69, 9.17) is 4.74 Å². The van der Waals surface area contributed by atoms with Crippen LogP contribution < -0.4 is 10.1 Å². The molecule has 0 aromatic heterocycles. The van der Waals surface area contributed by atoms with Crippen molar-refractivity contribution in [1.82, 2.24) is 5.32 Å². The molecule has 4 rings (SSSR count). The first kappa shape index (κ1) is 22.6. The van der Waals surface area contributed by atoms with Crippen LogP contribution in [0.15, 0.2) is 66.7 Å². The van der Waals surface area contributed by atoms with Crippen molar-refractivity contribution in [3.8, 4) is 5.75 Å². The van der Waals surface area contributed by atoms with Crippen molar-refractivity contribution in [2.45, 2.75) is 57.8 Å². The van der Waals surface area contributed by atoms with Gasteiger partial charge in [-0.05, 0) is 89.7 Å². The lowest BCUT2D eigenvalue weighted by Crippen LogP contribution is -2.21.